The summed E-state index contributed by atoms with van der Waals surface area (Å²) in [6.07, 6.45) is 3.26. The van der Waals surface area contributed by atoms with E-state index in [0.29, 0.717) is 38.6 Å². The molecule has 0 aromatic heterocycles. The zero-order chi connectivity index (χ0) is 27.6. The van der Waals surface area contributed by atoms with E-state index < -0.39 is 24.1 Å². The van der Waals surface area contributed by atoms with Crippen LogP contribution in [-0.2, 0) is 32.1 Å². The molecule has 2 heterocycles. The Labute approximate surface area is 228 Å². The third-order valence-corrected chi connectivity index (χ3v) is 7.02. The average Bonchev–Trinajstić information content (AvgIpc) is 3.45. The van der Waals surface area contributed by atoms with Crippen molar-refractivity contribution >= 4 is 29.8 Å². The lowest BCUT2D eigenvalue weighted by atomic mass is 10.0. The lowest BCUT2D eigenvalue weighted by molar-refractivity contribution is -0.140. The average molecular weight is 534 g/mol. The van der Waals surface area contributed by atoms with Crippen molar-refractivity contribution in [3.05, 3.63) is 71.8 Å². The fourth-order valence-electron chi connectivity index (χ4n) is 4.98. The van der Waals surface area contributed by atoms with Crippen LogP contribution in [-0.4, -0.2) is 64.7 Å². The molecule has 0 saturated carbocycles. The molecule has 2 saturated heterocycles. The molecular formula is C29H35N5O5. The van der Waals surface area contributed by atoms with Gasteiger partial charge in [0.15, 0.2) is 0 Å². The number of nitrogens with two attached hydrogens (primary N) is 1. The second-order valence-corrected chi connectivity index (χ2v) is 9.79. The maximum absolute atomic E-state index is 13.1. The van der Waals surface area contributed by atoms with Gasteiger partial charge in [0.05, 0.1) is 0 Å². The van der Waals surface area contributed by atoms with Crippen LogP contribution in [0, 0.1) is 0 Å². The van der Waals surface area contributed by atoms with E-state index in [2.05, 4.69) is 10.3 Å². The number of ether oxygens (including phenoxy) is 1. The van der Waals surface area contributed by atoms with Gasteiger partial charge in [-0.2, -0.15) is 0 Å². The molecule has 2 fully saturated rings. The minimum atomic E-state index is -0.900. The van der Waals surface area contributed by atoms with Gasteiger partial charge in [0, 0.05) is 19.5 Å². The van der Waals surface area contributed by atoms with Gasteiger partial charge in [0.1, 0.15) is 18.7 Å². The number of guanidine groups is 1. The molecule has 2 atom stereocenters. The van der Waals surface area contributed by atoms with Crippen LogP contribution >= 0.6 is 0 Å². The van der Waals surface area contributed by atoms with Crippen LogP contribution in [0.5, 0.6) is 0 Å². The summed E-state index contributed by atoms with van der Waals surface area (Å²) in [5.74, 6) is -1.11. The van der Waals surface area contributed by atoms with Crippen molar-refractivity contribution in [1.82, 2.24) is 15.1 Å². The molecule has 0 aliphatic carbocycles. The van der Waals surface area contributed by atoms with Gasteiger partial charge in [-0.15, -0.1) is 4.99 Å². The zero-order valence-corrected chi connectivity index (χ0v) is 22.0. The van der Waals surface area contributed by atoms with Crippen LogP contribution in [0.1, 0.15) is 49.7 Å². The van der Waals surface area contributed by atoms with Crippen LogP contribution in [0.2, 0.25) is 0 Å². The number of piperidine rings is 1. The number of likely N-dealkylation sites (tertiary alicyclic amines) is 2. The predicted octanol–water partition coefficient (Wildman–Crippen LogP) is 2.76. The van der Waals surface area contributed by atoms with Gasteiger partial charge in [-0.05, 0) is 49.7 Å². The lowest BCUT2D eigenvalue weighted by Crippen LogP contribution is -2.58. The Morgan fingerprint density at radius 2 is 1.62 bits per heavy atom. The first-order valence-corrected chi connectivity index (χ1v) is 13.4. The van der Waals surface area contributed by atoms with Gasteiger partial charge in [0.25, 0.3) is 5.91 Å². The first-order valence-electron chi connectivity index (χ1n) is 13.4. The van der Waals surface area contributed by atoms with E-state index in [1.165, 1.54) is 10.5 Å². The van der Waals surface area contributed by atoms with Gasteiger partial charge in [-0.3, -0.25) is 19.3 Å². The number of hydrogen-bond acceptors (Lipinski definition) is 5. The first kappa shape index (κ1) is 27.8. The first-order chi connectivity index (χ1) is 18.9. The molecule has 10 heteroatoms. The number of amides is 4. The van der Waals surface area contributed by atoms with Gasteiger partial charge in [-0.25, -0.2) is 4.79 Å². The molecule has 2 aliphatic rings. The van der Waals surface area contributed by atoms with Gasteiger partial charge in [-0.1, -0.05) is 60.7 Å². The fourth-order valence-corrected chi connectivity index (χ4v) is 4.98. The standard InChI is InChI=1S/C29H35N5O5/c30-28(32-29(38)39-20-22-12-5-2-6-13-22)34-19-8-15-23(27(34)37)31-26(36)24-16-9-18-33(24)25(35)17-7-14-21-10-3-1-4-11-21/h1-6,10-13,23-24H,7-9,14-20H2,(H,31,36)(H2,30,32,38)/t23-,24-/m0/s1. The summed E-state index contributed by atoms with van der Waals surface area (Å²) in [6.45, 7) is 0.839. The van der Waals surface area contributed by atoms with E-state index in [1.807, 2.05) is 60.7 Å². The van der Waals surface area contributed by atoms with Crippen LogP contribution < -0.4 is 11.1 Å². The summed E-state index contributed by atoms with van der Waals surface area (Å²) in [5.41, 5.74) is 7.94. The lowest BCUT2D eigenvalue weighted by Gasteiger charge is -2.33. The van der Waals surface area contributed by atoms with E-state index >= 15 is 0 Å². The van der Waals surface area contributed by atoms with E-state index in [1.54, 1.807) is 4.90 Å². The summed E-state index contributed by atoms with van der Waals surface area (Å²) < 4.78 is 5.12. The molecule has 0 radical (unpaired) electrons. The number of hydrogen-bond donors (Lipinski definition) is 2. The smallest absolute Gasteiger partial charge is 0.437 e. The molecule has 3 N–H and O–H groups in total. The summed E-state index contributed by atoms with van der Waals surface area (Å²) >= 11 is 0. The van der Waals surface area contributed by atoms with E-state index in [4.69, 9.17) is 10.5 Å². The molecule has 0 spiro atoms. The number of rotatable bonds is 8. The minimum Gasteiger partial charge on any atom is -0.443 e. The third-order valence-electron chi connectivity index (χ3n) is 7.02. The van der Waals surface area contributed by atoms with Crippen LogP contribution in [0.4, 0.5) is 4.79 Å². The van der Waals surface area contributed by atoms with Crippen molar-refractivity contribution in [2.24, 2.45) is 10.7 Å². The molecule has 4 rings (SSSR count). The van der Waals surface area contributed by atoms with Crippen molar-refractivity contribution < 1.29 is 23.9 Å². The number of benzene rings is 2. The van der Waals surface area contributed by atoms with Crippen LogP contribution in [0.25, 0.3) is 0 Å². The number of carbonyl (C=O) groups is 4. The van der Waals surface area contributed by atoms with Gasteiger partial charge in [0.2, 0.25) is 17.8 Å². The van der Waals surface area contributed by atoms with Crippen molar-refractivity contribution in [3.8, 4) is 0 Å². The largest absolute Gasteiger partial charge is 0.443 e. The van der Waals surface area contributed by atoms with Crippen LogP contribution in [0.3, 0.4) is 0 Å². The summed E-state index contributed by atoms with van der Waals surface area (Å²) in [6, 6.07) is 17.7. The van der Waals surface area contributed by atoms with E-state index in [9.17, 15) is 19.2 Å². The topological polar surface area (TPSA) is 134 Å². The molecule has 2 aromatic rings. The van der Waals surface area contributed by atoms with Crippen molar-refractivity contribution in [1.29, 1.82) is 0 Å². The highest BCUT2D eigenvalue weighted by Gasteiger charge is 2.38. The Balaban J connectivity index is 1.28. The fraction of sp³-hybridized carbons (Fsp3) is 0.414. The normalized spacial score (nSPS) is 19.6. The number of carbonyl (C=O) groups excluding carboxylic acids is 4. The van der Waals surface area contributed by atoms with Gasteiger partial charge < -0.3 is 20.7 Å². The highest BCUT2D eigenvalue weighted by molar-refractivity contribution is 6.03. The molecule has 10 nitrogen and oxygen atoms in total. The number of nitrogens with zero attached hydrogens (tertiary/aromatic N) is 3. The summed E-state index contributed by atoms with van der Waals surface area (Å²) in [5, 5.41) is 2.81. The molecule has 0 unspecified atom stereocenters. The number of nitrogens with one attached hydrogen (secondary N) is 1. The highest BCUT2D eigenvalue weighted by atomic mass is 16.5. The Morgan fingerprint density at radius 3 is 2.33 bits per heavy atom. The Kier molecular flexibility index (Phi) is 9.66. The predicted molar refractivity (Wildman–Crippen MR) is 145 cm³/mol. The Hall–Kier alpha value is -4.21. The van der Waals surface area contributed by atoms with Crippen molar-refractivity contribution in [2.75, 3.05) is 13.1 Å². The number of aryl methyl sites for hydroxylation is 1. The van der Waals surface area contributed by atoms with E-state index in [-0.39, 0.29) is 30.9 Å². The maximum atomic E-state index is 13.1. The summed E-state index contributed by atoms with van der Waals surface area (Å²) in [7, 11) is 0. The second-order valence-electron chi connectivity index (χ2n) is 9.79. The molecule has 0 bridgehead atoms. The zero-order valence-electron chi connectivity index (χ0n) is 22.0. The molecule has 2 aliphatic heterocycles. The molecule has 206 valence electrons. The monoisotopic (exact) mass is 533 g/mol. The molecule has 4 amide bonds. The van der Waals surface area contributed by atoms with Gasteiger partial charge >= 0.3 is 6.09 Å². The van der Waals surface area contributed by atoms with Crippen molar-refractivity contribution in [3.63, 3.8) is 0 Å². The maximum Gasteiger partial charge on any atom is 0.437 e. The van der Waals surface area contributed by atoms with Crippen LogP contribution in [0.15, 0.2) is 65.7 Å². The second kappa shape index (κ2) is 13.5. The van der Waals surface area contributed by atoms with E-state index in [0.717, 1.165) is 18.4 Å². The Bertz CT molecular complexity index is 1190. The molecular weight excluding hydrogens is 498 g/mol. The minimum absolute atomic E-state index is 0.0337. The quantitative estimate of drug-likeness (QED) is 0.396. The molecule has 39 heavy (non-hydrogen) atoms. The number of aliphatic imine (C=N–C) groups is 1. The third kappa shape index (κ3) is 7.66. The highest BCUT2D eigenvalue weighted by Crippen LogP contribution is 2.21. The SMILES string of the molecule is N/C(=N\C(=O)OCc1ccccc1)N1CCC[C@H](NC(=O)[C@@H]2CCCN2C(=O)CCCc2ccccc2)C1=O. The Morgan fingerprint density at radius 1 is 0.949 bits per heavy atom. The summed E-state index contributed by atoms with van der Waals surface area (Å²) in [4.78, 5) is 57.8. The van der Waals surface area contributed by atoms with Crippen molar-refractivity contribution in [2.45, 2.75) is 63.6 Å². The molecule has 2 aromatic carbocycles.